The predicted octanol–water partition coefficient (Wildman–Crippen LogP) is 1.61. The van der Waals surface area contributed by atoms with Gasteiger partial charge in [-0.15, -0.1) is 0 Å². The van der Waals surface area contributed by atoms with Crippen molar-refractivity contribution in [1.29, 1.82) is 0 Å². The molecule has 0 unspecified atom stereocenters. The van der Waals surface area contributed by atoms with E-state index in [4.69, 9.17) is 14.9 Å². The molecule has 2 rings (SSSR count). The van der Waals surface area contributed by atoms with Crippen LogP contribution >= 0.6 is 0 Å². The molecule has 1 aromatic heterocycles. The fourth-order valence-corrected chi connectivity index (χ4v) is 1.90. The van der Waals surface area contributed by atoms with Gasteiger partial charge in [-0.2, -0.15) is 0 Å². The lowest BCUT2D eigenvalue weighted by Crippen LogP contribution is -2.38. The van der Waals surface area contributed by atoms with Crippen molar-refractivity contribution in [3.05, 3.63) is 53.5 Å². The van der Waals surface area contributed by atoms with Crippen LogP contribution in [0.15, 0.2) is 40.8 Å². The van der Waals surface area contributed by atoms with Gasteiger partial charge in [0.15, 0.2) is 0 Å². The summed E-state index contributed by atoms with van der Waals surface area (Å²) in [5.74, 6) is 0.415. The highest BCUT2D eigenvalue weighted by molar-refractivity contribution is 5.86. The maximum absolute atomic E-state index is 11.3. The number of esters is 1. The van der Waals surface area contributed by atoms with Crippen LogP contribution in [-0.2, 0) is 22.7 Å². The first-order valence-electron chi connectivity index (χ1n) is 7.41. The van der Waals surface area contributed by atoms with Gasteiger partial charge in [0.05, 0.1) is 13.2 Å². The zero-order chi connectivity index (χ0) is 17.5. The van der Waals surface area contributed by atoms with Crippen LogP contribution in [0.25, 0.3) is 0 Å². The third-order valence-corrected chi connectivity index (χ3v) is 3.39. The highest BCUT2D eigenvalue weighted by Crippen LogP contribution is 2.16. The highest BCUT2D eigenvalue weighted by Gasteiger charge is 2.11. The first-order chi connectivity index (χ1) is 11.5. The van der Waals surface area contributed by atoms with E-state index >= 15 is 0 Å². The van der Waals surface area contributed by atoms with E-state index in [-0.39, 0.29) is 24.3 Å². The van der Waals surface area contributed by atoms with Gasteiger partial charge in [0, 0.05) is 6.54 Å². The van der Waals surface area contributed by atoms with Gasteiger partial charge < -0.3 is 24.9 Å². The molecular weight excluding hydrogens is 312 g/mol. The van der Waals surface area contributed by atoms with Crippen molar-refractivity contribution in [2.24, 2.45) is 5.73 Å². The van der Waals surface area contributed by atoms with Gasteiger partial charge in [0.1, 0.15) is 18.1 Å². The van der Waals surface area contributed by atoms with E-state index in [0.29, 0.717) is 18.1 Å². The molecule has 0 radical (unpaired) electrons. The predicted molar refractivity (Wildman–Crippen MR) is 86.3 cm³/mol. The third kappa shape index (κ3) is 4.85. The minimum Gasteiger partial charge on any atom is -0.486 e. The standard InChI is InChI=1S/C17H20N2O5/c1-11(16(18)20)19-9-12-3-5-13(6-4-12)23-10-14-7-8-15(24-14)17(21)22-2/h3-8,11,19H,9-10H2,1-2H3,(H2,18,20)/t11-/m1/s1. The first-order valence-corrected chi connectivity index (χ1v) is 7.41. The maximum atomic E-state index is 11.3. The molecule has 0 aliphatic carbocycles. The zero-order valence-electron chi connectivity index (χ0n) is 13.6. The Morgan fingerprint density at radius 2 is 1.92 bits per heavy atom. The lowest BCUT2D eigenvalue weighted by molar-refractivity contribution is -0.119. The number of furan rings is 1. The number of hydrogen-bond acceptors (Lipinski definition) is 6. The molecule has 0 fully saturated rings. The van der Waals surface area contributed by atoms with Crippen molar-refractivity contribution >= 4 is 11.9 Å². The second kappa shape index (κ2) is 8.16. The molecule has 0 aliphatic heterocycles. The van der Waals surface area contributed by atoms with E-state index in [1.165, 1.54) is 7.11 Å². The number of primary amides is 1. The summed E-state index contributed by atoms with van der Waals surface area (Å²) in [7, 11) is 1.29. The first kappa shape index (κ1) is 17.6. The summed E-state index contributed by atoms with van der Waals surface area (Å²) in [5.41, 5.74) is 6.19. The minimum atomic E-state index is -0.525. The van der Waals surface area contributed by atoms with Crippen molar-refractivity contribution in [2.75, 3.05) is 7.11 Å². The lowest BCUT2D eigenvalue weighted by atomic mass is 10.2. The van der Waals surface area contributed by atoms with E-state index in [1.807, 2.05) is 24.3 Å². The summed E-state index contributed by atoms with van der Waals surface area (Å²) in [5, 5.41) is 3.02. The summed E-state index contributed by atoms with van der Waals surface area (Å²) in [4.78, 5) is 22.3. The minimum absolute atomic E-state index is 0.140. The van der Waals surface area contributed by atoms with E-state index in [1.54, 1.807) is 19.1 Å². The monoisotopic (exact) mass is 332 g/mol. The number of carbonyl (C=O) groups is 2. The van der Waals surface area contributed by atoms with Crippen LogP contribution in [0.5, 0.6) is 5.75 Å². The molecule has 2 aromatic rings. The van der Waals surface area contributed by atoms with E-state index in [9.17, 15) is 9.59 Å². The Morgan fingerprint density at radius 3 is 2.54 bits per heavy atom. The molecule has 1 amide bonds. The average Bonchev–Trinajstić information content (AvgIpc) is 3.07. The molecule has 7 heteroatoms. The zero-order valence-corrected chi connectivity index (χ0v) is 13.6. The summed E-state index contributed by atoms with van der Waals surface area (Å²) < 4.78 is 15.5. The quantitative estimate of drug-likeness (QED) is 0.712. The van der Waals surface area contributed by atoms with Crippen molar-refractivity contribution < 1.29 is 23.5 Å². The highest BCUT2D eigenvalue weighted by atomic mass is 16.5. The normalized spacial score (nSPS) is 11.8. The molecule has 0 aliphatic rings. The Labute approximate surface area is 139 Å². The number of carbonyl (C=O) groups excluding carboxylic acids is 2. The molecule has 7 nitrogen and oxygen atoms in total. The molecule has 1 aromatic carbocycles. The van der Waals surface area contributed by atoms with Crippen LogP contribution in [0.1, 0.15) is 28.8 Å². The Balaban J connectivity index is 1.84. The van der Waals surface area contributed by atoms with Gasteiger partial charge >= 0.3 is 5.97 Å². The Bertz CT molecular complexity index is 693. The second-order valence-corrected chi connectivity index (χ2v) is 5.20. The number of rotatable bonds is 8. The average molecular weight is 332 g/mol. The largest absolute Gasteiger partial charge is 0.486 e. The summed E-state index contributed by atoms with van der Waals surface area (Å²) in [6.07, 6.45) is 0. The number of hydrogen-bond donors (Lipinski definition) is 2. The fourth-order valence-electron chi connectivity index (χ4n) is 1.90. The van der Waals surface area contributed by atoms with Crippen LogP contribution in [0.3, 0.4) is 0 Å². The Morgan fingerprint density at radius 1 is 1.21 bits per heavy atom. The molecular formula is C17H20N2O5. The Hall–Kier alpha value is -2.80. The molecule has 0 spiro atoms. The summed E-state index contributed by atoms with van der Waals surface area (Å²) in [6, 6.07) is 10.2. The van der Waals surface area contributed by atoms with E-state index < -0.39 is 5.97 Å². The van der Waals surface area contributed by atoms with Crippen molar-refractivity contribution in [1.82, 2.24) is 5.32 Å². The molecule has 3 N–H and O–H groups in total. The second-order valence-electron chi connectivity index (χ2n) is 5.20. The van der Waals surface area contributed by atoms with Crippen LogP contribution in [0.4, 0.5) is 0 Å². The number of nitrogens with one attached hydrogen (secondary N) is 1. The number of benzene rings is 1. The van der Waals surface area contributed by atoms with Crippen LogP contribution in [0, 0.1) is 0 Å². The molecule has 0 bridgehead atoms. The van der Waals surface area contributed by atoms with Gasteiger partial charge in [-0.1, -0.05) is 12.1 Å². The van der Waals surface area contributed by atoms with Crippen molar-refractivity contribution in [2.45, 2.75) is 26.1 Å². The lowest BCUT2D eigenvalue weighted by Gasteiger charge is -2.10. The van der Waals surface area contributed by atoms with E-state index in [2.05, 4.69) is 10.1 Å². The topological polar surface area (TPSA) is 104 Å². The number of ether oxygens (including phenoxy) is 2. The van der Waals surface area contributed by atoms with Crippen molar-refractivity contribution in [3.63, 3.8) is 0 Å². The molecule has 0 saturated carbocycles. The van der Waals surface area contributed by atoms with Gasteiger partial charge in [-0.25, -0.2) is 4.79 Å². The van der Waals surface area contributed by atoms with Crippen LogP contribution in [-0.4, -0.2) is 25.0 Å². The fraction of sp³-hybridized carbons (Fsp3) is 0.294. The molecule has 128 valence electrons. The summed E-state index contributed by atoms with van der Waals surface area (Å²) >= 11 is 0. The molecule has 0 saturated heterocycles. The van der Waals surface area contributed by atoms with Gasteiger partial charge in [0.25, 0.3) is 0 Å². The summed E-state index contributed by atoms with van der Waals surface area (Å²) in [6.45, 7) is 2.45. The smallest absolute Gasteiger partial charge is 0.373 e. The van der Waals surface area contributed by atoms with Gasteiger partial charge in [-0.3, -0.25) is 4.79 Å². The number of nitrogens with two attached hydrogens (primary N) is 1. The number of methoxy groups -OCH3 is 1. The van der Waals surface area contributed by atoms with Crippen molar-refractivity contribution in [3.8, 4) is 5.75 Å². The van der Waals surface area contributed by atoms with Crippen LogP contribution in [0.2, 0.25) is 0 Å². The number of amides is 1. The van der Waals surface area contributed by atoms with Crippen LogP contribution < -0.4 is 15.8 Å². The SMILES string of the molecule is COC(=O)c1ccc(COc2ccc(CN[C@H](C)C(N)=O)cc2)o1. The molecule has 1 atom stereocenters. The third-order valence-electron chi connectivity index (χ3n) is 3.39. The molecule has 1 heterocycles. The maximum Gasteiger partial charge on any atom is 0.373 e. The van der Waals surface area contributed by atoms with E-state index in [0.717, 1.165) is 5.56 Å². The van der Waals surface area contributed by atoms with Gasteiger partial charge in [0.2, 0.25) is 11.7 Å². The van der Waals surface area contributed by atoms with Gasteiger partial charge in [-0.05, 0) is 36.8 Å². The molecule has 24 heavy (non-hydrogen) atoms. The Kier molecular flexibility index (Phi) is 5.97.